The summed E-state index contributed by atoms with van der Waals surface area (Å²) in [7, 11) is 0. The van der Waals surface area contributed by atoms with Gasteiger partial charge in [0.05, 0.1) is 11.6 Å². The summed E-state index contributed by atoms with van der Waals surface area (Å²) in [6, 6.07) is 13.0. The molecule has 34 heavy (non-hydrogen) atoms. The molecule has 3 atom stereocenters. The lowest BCUT2D eigenvalue weighted by atomic mass is 9.59. The molecule has 9 heteroatoms. The summed E-state index contributed by atoms with van der Waals surface area (Å²) in [5.41, 5.74) is -1.19. The second-order valence-electron chi connectivity index (χ2n) is 8.53. The van der Waals surface area contributed by atoms with Crippen molar-refractivity contribution in [3.8, 4) is 0 Å². The Kier molecular flexibility index (Phi) is 5.62. The van der Waals surface area contributed by atoms with Gasteiger partial charge < -0.3 is 10.6 Å². The Balaban J connectivity index is 1.82. The number of fused-ring (bicyclic) bond motifs is 2. The summed E-state index contributed by atoms with van der Waals surface area (Å²) >= 11 is 12.4. The highest BCUT2D eigenvalue weighted by Crippen LogP contribution is 2.58. The summed E-state index contributed by atoms with van der Waals surface area (Å²) in [5.74, 6) is -1.84. The average Bonchev–Trinajstić information content (AvgIpc) is 3.04. The third-order valence-corrected chi connectivity index (χ3v) is 7.19. The van der Waals surface area contributed by atoms with Gasteiger partial charge >= 0.3 is 6.18 Å². The molecular formula is C25H18Cl2F4N2O. The van der Waals surface area contributed by atoms with E-state index in [0.29, 0.717) is 39.8 Å². The van der Waals surface area contributed by atoms with Crippen LogP contribution in [-0.2, 0) is 16.4 Å². The van der Waals surface area contributed by atoms with Gasteiger partial charge in [0.1, 0.15) is 11.2 Å². The maximum Gasteiger partial charge on any atom is 0.416 e. The molecule has 0 saturated carbocycles. The highest BCUT2D eigenvalue weighted by Gasteiger charge is 2.60. The fourth-order valence-corrected chi connectivity index (χ4v) is 5.83. The minimum atomic E-state index is -4.74. The Morgan fingerprint density at radius 2 is 1.74 bits per heavy atom. The summed E-state index contributed by atoms with van der Waals surface area (Å²) in [5, 5.41) is 6.75. The Labute approximate surface area is 203 Å². The van der Waals surface area contributed by atoms with E-state index in [1.165, 1.54) is 0 Å². The van der Waals surface area contributed by atoms with E-state index in [1.807, 2.05) is 0 Å². The SMILES string of the molecule is O=C1Nc2cc(Cl)ccc2C12C(c1cccc(Cl)c1)CCNC2c1cc(F)ccc1C(F)(F)F. The molecule has 1 fully saturated rings. The third kappa shape index (κ3) is 3.58. The number of carbonyl (C=O) groups excluding carboxylic acids is 1. The van der Waals surface area contributed by atoms with Crippen LogP contribution in [0.15, 0.2) is 60.7 Å². The maximum atomic E-state index is 14.4. The number of amides is 1. The van der Waals surface area contributed by atoms with E-state index < -0.39 is 40.8 Å². The van der Waals surface area contributed by atoms with Gasteiger partial charge in [0.2, 0.25) is 5.91 Å². The molecule has 176 valence electrons. The Hall–Kier alpha value is -2.61. The number of anilines is 1. The molecule has 1 saturated heterocycles. The molecule has 3 aromatic rings. The predicted molar refractivity (Wildman–Crippen MR) is 123 cm³/mol. The van der Waals surface area contributed by atoms with Gasteiger partial charge in [0.25, 0.3) is 0 Å². The summed E-state index contributed by atoms with van der Waals surface area (Å²) in [6.45, 7) is 0.313. The second-order valence-corrected chi connectivity index (χ2v) is 9.40. The minimum absolute atomic E-state index is 0.313. The van der Waals surface area contributed by atoms with Crippen molar-refractivity contribution in [1.29, 1.82) is 0 Å². The minimum Gasteiger partial charge on any atom is -0.325 e. The number of rotatable bonds is 2. The van der Waals surface area contributed by atoms with Gasteiger partial charge in [0, 0.05) is 21.7 Å². The fraction of sp³-hybridized carbons (Fsp3) is 0.240. The summed E-state index contributed by atoms with van der Waals surface area (Å²) < 4.78 is 56.5. The predicted octanol–water partition coefficient (Wildman–Crippen LogP) is 6.86. The van der Waals surface area contributed by atoms with Gasteiger partial charge in [-0.15, -0.1) is 0 Å². The molecule has 2 heterocycles. The molecule has 1 spiro atoms. The van der Waals surface area contributed by atoms with Crippen LogP contribution in [0.4, 0.5) is 23.2 Å². The normalized spacial score (nSPS) is 24.2. The van der Waals surface area contributed by atoms with Crippen molar-refractivity contribution in [3.05, 3.63) is 98.8 Å². The smallest absolute Gasteiger partial charge is 0.325 e. The molecule has 0 aliphatic carbocycles. The van der Waals surface area contributed by atoms with Crippen LogP contribution >= 0.6 is 23.2 Å². The van der Waals surface area contributed by atoms with E-state index >= 15 is 0 Å². The van der Waals surface area contributed by atoms with Gasteiger partial charge in [0.15, 0.2) is 0 Å². The van der Waals surface area contributed by atoms with Gasteiger partial charge in [-0.2, -0.15) is 13.2 Å². The van der Waals surface area contributed by atoms with Crippen molar-refractivity contribution in [1.82, 2.24) is 5.32 Å². The van der Waals surface area contributed by atoms with E-state index in [9.17, 15) is 22.4 Å². The molecule has 2 N–H and O–H groups in total. The number of alkyl halides is 3. The van der Waals surface area contributed by atoms with Crippen molar-refractivity contribution in [3.63, 3.8) is 0 Å². The quantitative estimate of drug-likeness (QED) is 0.371. The molecule has 3 aromatic carbocycles. The molecule has 1 amide bonds. The third-order valence-electron chi connectivity index (χ3n) is 6.72. The molecule has 2 aliphatic heterocycles. The van der Waals surface area contributed by atoms with Crippen LogP contribution in [0.25, 0.3) is 0 Å². The van der Waals surface area contributed by atoms with E-state index in [0.717, 1.165) is 18.2 Å². The van der Waals surface area contributed by atoms with Crippen LogP contribution in [0.5, 0.6) is 0 Å². The topological polar surface area (TPSA) is 41.1 Å². The summed E-state index contributed by atoms with van der Waals surface area (Å²) in [4.78, 5) is 13.8. The number of hydrogen-bond donors (Lipinski definition) is 2. The molecule has 2 aliphatic rings. The lowest BCUT2D eigenvalue weighted by Crippen LogP contribution is -2.55. The largest absolute Gasteiger partial charge is 0.416 e. The Morgan fingerprint density at radius 3 is 2.47 bits per heavy atom. The number of halogens is 6. The zero-order chi connectivity index (χ0) is 24.3. The summed E-state index contributed by atoms with van der Waals surface area (Å²) in [6.07, 6.45) is -4.30. The number of nitrogens with one attached hydrogen (secondary N) is 2. The molecule has 0 radical (unpaired) electrons. The van der Waals surface area contributed by atoms with Crippen LogP contribution in [0.2, 0.25) is 10.0 Å². The van der Waals surface area contributed by atoms with Crippen LogP contribution in [0.1, 0.15) is 40.6 Å². The van der Waals surface area contributed by atoms with Crippen molar-refractivity contribution in [2.75, 3.05) is 11.9 Å². The van der Waals surface area contributed by atoms with Crippen molar-refractivity contribution in [2.24, 2.45) is 0 Å². The second kappa shape index (κ2) is 8.26. The Morgan fingerprint density at radius 1 is 0.971 bits per heavy atom. The van der Waals surface area contributed by atoms with E-state index in [1.54, 1.807) is 42.5 Å². The van der Waals surface area contributed by atoms with Crippen molar-refractivity contribution >= 4 is 34.8 Å². The van der Waals surface area contributed by atoms with Gasteiger partial charge in [-0.05, 0) is 72.1 Å². The van der Waals surface area contributed by atoms with Crippen LogP contribution < -0.4 is 10.6 Å². The van der Waals surface area contributed by atoms with Crippen LogP contribution in [0.3, 0.4) is 0 Å². The average molecular weight is 509 g/mol. The van der Waals surface area contributed by atoms with Gasteiger partial charge in [-0.25, -0.2) is 4.39 Å². The molecule has 3 unspecified atom stereocenters. The molecule has 3 nitrogen and oxygen atoms in total. The van der Waals surface area contributed by atoms with E-state index in [2.05, 4.69) is 10.6 Å². The van der Waals surface area contributed by atoms with Gasteiger partial charge in [-0.1, -0.05) is 41.4 Å². The molecular weight excluding hydrogens is 491 g/mol. The first-order valence-electron chi connectivity index (χ1n) is 10.6. The zero-order valence-corrected chi connectivity index (χ0v) is 19.0. The van der Waals surface area contributed by atoms with Crippen molar-refractivity contribution in [2.45, 2.75) is 30.0 Å². The van der Waals surface area contributed by atoms with Crippen LogP contribution in [0, 0.1) is 5.82 Å². The number of piperidine rings is 1. The molecule has 5 rings (SSSR count). The first-order valence-corrected chi connectivity index (χ1v) is 11.3. The van der Waals surface area contributed by atoms with Gasteiger partial charge in [-0.3, -0.25) is 4.79 Å². The lowest BCUT2D eigenvalue weighted by molar-refractivity contribution is -0.139. The number of hydrogen-bond acceptors (Lipinski definition) is 2. The highest BCUT2D eigenvalue weighted by molar-refractivity contribution is 6.31. The van der Waals surface area contributed by atoms with E-state index in [4.69, 9.17) is 23.2 Å². The van der Waals surface area contributed by atoms with E-state index in [-0.39, 0.29) is 5.56 Å². The highest BCUT2D eigenvalue weighted by atomic mass is 35.5. The fourth-order valence-electron chi connectivity index (χ4n) is 5.46. The number of carbonyl (C=O) groups is 1. The standard InChI is InChI=1S/C25H18Cl2F4N2O/c26-14-3-1-2-13(10-14)18-8-9-32-22(17-12-16(28)5-7-19(17)25(29,30)31)24(18)20-6-4-15(27)11-21(20)33-23(24)34/h1-7,10-12,18,22,32H,8-9H2,(H,33,34). The Bertz CT molecular complexity index is 1300. The maximum absolute atomic E-state index is 14.4. The first-order chi connectivity index (χ1) is 16.1. The first kappa shape index (κ1) is 23.1. The molecule has 0 aromatic heterocycles. The number of benzene rings is 3. The monoisotopic (exact) mass is 508 g/mol. The molecule has 0 bridgehead atoms. The van der Waals surface area contributed by atoms with Crippen molar-refractivity contribution < 1.29 is 22.4 Å². The zero-order valence-electron chi connectivity index (χ0n) is 17.5. The lowest BCUT2D eigenvalue weighted by Gasteiger charge is -2.47. The van der Waals surface area contributed by atoms with Crippen LogP contribution in [-0.4, -0.2) is 12.5 Å².